The van der Waals surface area contributed by atoms with Gasteiger partial charge in [-0.15, -0.1) is 0 Å². The number of carbonyl (C=O) groups excluding carboxylic acids is 2. The molecule has 3 rings (SSSR count). The Morgan fingerprint density at radius 1 is 1.03 bits per heavy atom. The lowest BCUT2D eigenvalue weighted by molar-refractivity contribution is -0.142. The highest BCUT2D eigenvalue weighted by atomic mass is 16.5. The first-order valence-electron chi connectivity index (χ1n) is 8.81. The highest BCUT2D eigenvalue weighted by Crippen LogP contribution is 2.22. The predicted molar refractivity (Wildman–Crippen MR) is 110 cm³/mol. The molecule has 0 unspecified atom stereocenters. The molecule has 6 nitrogen and oxygen atoms in total. The van der Waals surface area contributed by atoms with Crippen LogP contribution < -0.4 is 10.1 Å². The summed E-state index contributed by atoms with van der Waals surface area (Å²) in [5, 5.41) is 13.8. The van der Waals surface area contributed by atoms with Crippen LogP contribution in [-0.2, 0) is 14.3 Å². The normalized spacial score (nSPS) is 10.8. The summed E-state index contributed by atoms with van der Waals surface area (Å²) < 4.78 is 10.1. The zero-order valence-corrected chi connectivity index (χ0v) is 15.7. The molecule has 29 heavy (non-hydrogen) atoms. The van der Waals surface area contributed by atoms with Crippen molar-refractivity contribution in [2.45, 2.75) is 0 Å². The van der Waals surface area contributed by atoms with Gasteiger partial charge in [0.15, 0.2) is 6.61 Å². The van der Waals surface area contributed by atoms with Crippen LogP contribution in [0.4, 0.5) is 5.69 Å². The van der Waals surface area contributed by atoms with Gasteiger partial charge in [0.2, 0.25) is 0 Å². The Morgan fingerprint density at radius 3 is 2.48 bits per heavy atom. The van der Waals surface area contributed by atoms with Crippen LogP contribution >= 0.6 is 0 Å². The molecular weight excluding hydrogens is 368 g/mol. The number of anilines is 1. The SMILES string of the molecule is COc1ccc(/C=C(\C#N)C(=O)OCC(=O)Nc2cccc3ccccc23)cc1. The lowest BCUT2D eigenvalue weighted by Gasteiger charge is -2.09. The number of nitrogens with zero attached hydrogens (tertiary/aromatic N) is 1. The number of nitriles is 1. The Labute approximate surface area is 168 Å². The molecule has 3 aromatic carbocycles. The number of carbonyl (C=O) groups is 2. The molecule has 0 heterocycles. The smallest absolute Gasteiger partial charge is 0.349 e. The highest BCUT2D eigenvalue weighted by molar-refractivity contribution is 6.04. The molecule has 0 aliphatic carbocycles. The molecule has 0 saturated carbocycles. The fourth-order valence-corrected chi connectivity index (χ4v) is 2.73. The van der Waals surface area contributed by atoms with E-state index in [0.717, 1.165) is 10.8 Å². The van der Waals surface area contributed by atoms with E-state index in [1.165, 1.54) is 6.08 Å². The maximum absolute atomic E-state index is 12.2. The Balaban J connectivity index is 1.63. The third-order valence-electron chi connectivity index (χ3n) is 4.17. The van der Waals surface area contributed by atoms with E-state index in [0.29, 0.717) is 17.0 Å². The average Bonchev–Trinajstić information content (AvgIpc) is 2.76. The first-order chi connectivity index (χ1) is 14.1. The van der Waals surface area contributed by atoms with Crippen molar-refractivity contribution in [3.63, 3.8) is 0 Å². The van der Waals surface area contributed by atoms with Crippen molar-refractivity contribution in [1.29, 1.82) is 5.26 Å². The quantitative estimate of drug-likeness (QED) is 0.394. The van der Waals surface area contributed by atoms with Gasteiger partial charge in [-0.2, -0.15) is 5.26 Å². The summed E-state index contributed by atoms with van der Waals surface area (Å²) in [6.45, 7) is -0.496. The second-order valence-corrected chi connectivity index (χ2v) is 6.09. The largest absolute Gasteiger partial charge is 0.497 e. The van der Waals surface area contributed by atoms with Gasteiger partial charge in [-0.05, 0) is 35.2 Å². The van der Waals surface area contributed by atoms with Gasteiger partial charge in [-0.3, -0.25) is 4.79 Å². The van der Waals surface area contributed by atoms with Crippen LogP contribution in [0.5, 0.6) is 5.75 Å². The minimum absolute atomic E-state index is 0.201. The molecular formula is C23H18N2O4. The predicted octanol–water partition coefficient (Wildman–Crippen LogP) is 3.94. The van der Waals surface area contributed by atoms with Crippen molar-refractivity contribution in [1.82, 2.24) is 0 Å². The summed E-state index contributed by atoms with van der Waals surface area (Å²) in [5.41, 5.74) is 1.06. The molecule has 6 heteroatoms. The molecule has 0 spiro atoms. The van der Waals surface area contributed by atoms with E-state index in [1.807, 2.05) is 36.4 Å². The number of ether oxygens (including phenoxy) is 2. The number of amides is 1. The number of methoxy groups -OCH3 is 1. The fraction of sp³-hybridized carbons (Fsp3) is 0.0870. The summed E-state index contributed by atoms with van der Waals surface area (Å²) in [7, 11) is 1.55. The Bertz CT molecular complexity index is 1110. The maximum Gasteiger partial charge on any atom is 0.349 e. The van der Waals surface area contributed by atoms with Crippen molar-refractivity contribution in [2.24, 2.45) is 0 Å². The maximum atomic E-state index is 12.2. The third kappa shape index (κ3) is 4.99. The van der Waals surface area contributed by atoms with Gasteiger partial charge in [-0.25, -0.2) is 4.79 Å². The Morgan fingerprint density at radius 2 is 1.76 bits per heavy atom. The van der Waals surface area contributed by atoms with Crippen LogP contribution in [-0.4, -0.2) is 25.6 Å². The summed E-state index contributed by atoms with van der Waals surface area (Å²) >= 11 is 0. The minimum Gasteiger partial charge on any atom is -0.497 e. The highest BCUT2D eigenvalue weighted by Gasteiger charge is 2.14. The molecule has 0 atom stereocenters. The van der Waals surface area contributed by atoms with Gasteiger partial charge in [-0.1, -0.05) is 48.5 Å². The molecule has 144 valence electrons. The van der Waals surface area contributed by atoms with Crippen LogP contribution in [0.3, 0.4) is 0 Å². The topological polar surface area (TPSA) is 88.4 Å². The number of fused-ring (bicyclic) bond motifs is 1. The molecule has 0 aromatic heterocycles. The van der Waals surface area contributed by atoms with Crippen LogP contribution in [0, 0.1) is 11.3 Å². The minimum atomic E-state index is -0.864. The van der Waals surface area contributed by atoms with Crippen molar-refractivity contribution in [3.8, 4) is 11.8 Å². The van der Waals surface area contributed by atoms with E-state index in [4.69, 9.17) is 9.47 Å². The molecule has 0 aliphatic heterocycles. The molecule has 1 amide bonds. The zero-order valence-electron chi connectivity index (χ0n) is 15.7. The molecule has 0 bridgehead atoms. The molecule has 3 aromatic rings. The number of benzene rings is 3. The summed E-state index contributed by atoms with van der Waals surface area (Å²) in [6.07, 6.45) is 1.39. The van der Waals surface area contributed by atoms with Gasteiger partial charge in [0, 0.05) is 11.1 Å². The van der Waals surface area contributed by atoms with E-state index in [1.54, 1.807) is 43.5 Å². The first-order valence-corrected chi connectivity index (χ1v) is 8.81. The van der Waals surface area contributed by atoms with Crippen LogP contribution in [0.1, 0.15) is 5.56 Å². The van der Waals surface area contributed by atoms with Gasteiger partial charge in [0.25, 0.3) is 5.91 Å². The average molecular weight is 386 g/mol. The van der Waals surface area contributed by atoms with E-state index in [-0.39, 0.29) is 5.57 Å². The lowest BCUT2D eigenvalue weighted by Crippen LogP contribution is -2.21. The van der Waals surface area contributed by atoms with Crippen LogP contribution in [0.2, 0.25) is 0 Å². The summed E-state index contributed by atoms with van der Waals surface area (Å²) in [6, 6.07) is 21.8. The molecule has 0 fully saturated rings. The number of esters is 1. The van der Waals surface area contributed by atoms with Crippen molar-refractivity contribution in [2.75, 3.05) is 19.0 Å². The van der Waals surface area contributed by atoms with Crippen molar-refractivity contribution < 1.29 is 19.1 Å². The van der Waals surface area contributed by atoms with Gasteiger partial charge >= 0.3 is 5.97 Å². The molecule has 0 radical (unpaired) electrons. The van der Waals surface area contributed by atoms with Crippen LogP contribution in [0.25, 0.3) is 16.8 Å². The fourth-order valence-electron chi connectivity index (χ4n) is 2.73. The standard InChI is InChI=1S/C23H18N2O4/c1-28-19-11-9-16(10-12-19)13-18(14-24)23(27)29-15-22(26)25-21-8-4-6-17-5-2-3-7-20(17)21/h2-13H,15H2,1H3,(H,25,26)/b18-13+. The lowest BCUT2D eigenvalue weighted by atomic mass is 10.1. The van der Waals surface area contributed by atoms with Crippen molar-refractivity contribution in [3.05, 3.63) is 77.9 Å². The summed E-state index contributed by atoms with van der Waals surface area (Å²) in [5.74, 6) is -0.693. The molecule has 0 aliphatic rings. The Hall–Kier alpha value is -4.11. The van der Waals surface area contributed by atoms with E-state index >= 15 is 0 Å². The molecule has 0 saturated heterocycles. The van der Waals surface area contributed by atoms with Crippen molar-refractivity contribution >= 4 is 34.4 Å². The van der Waals surface area contributed by atoms with Gasteiger partial charge in [0.05, 0.1) is 7.11 Å². The van der Waals surface area contributed by atoms with Gasteiger partial charge in [0.1, 0.15) is 17.4 Å². The number of rotatable bonds is 6. The second kappa shape index (κ2) is 9.20. The first kappa shape index (κ1) is 19.6. The monoisotopic (exact) mass is 386 g/mol. The molecule has 1 N–H and O–H groups in total. The van der Waals surface area contributed by atoms with E-state index in [2.05, 4.69) is 5.32 Å². The third-order valence-corrected chi connectivity index (χ3v) is 4.17. The van der Waals surface area contributed by atoms with E-state index < -0.39 is 18.5 Å². The van der Waals surface area contributed by atoms with E-state index in [9.17, 15) is 14.9 Å². The second-order valence-electron chi connectivity index (χ2n) is 6.09. The number of nitrogens with one attached hydrogen (secondary N) is 1. The number of hydrogen-bond donors (Lipinski definition) is 1. The van der Waals surface area contributed by atoms with Gasteiger partial charge < -0.3 is 14.8 Å². The number of hydrogen-bond acceptors (Lipinski definition) is 5. The Kier molecular flexibility index (Phi) is 6.23. The van der Waals surface area contributed by atoms with Crippen LogP contribution in [0.15, 0.2) is 72.3 Å². The zero-order chi connectivity index (χ0) is 20.6. The summed E-state index contributed by atoms with van der Waals surface area (Å²) in [4.78, 5) is 24.3.